The van der Waals surface area contributed by atoms with Gasteiger partial charge in [-0.3, -0.25) is 0 Å². The van der Waals surface area contributed by atoms with Gasteiger partial charge in [-0.05, 0) is 25.0 Å². The largest absolute Gasteiger partial charge is 0.490 e. The summed E-state index contributed by atoms with van der Waals surface area (Å²) in [6.07, 6.45) is 0.701. The summed E-state index contributed by atoms with van der Waals surface area (Å²) < 4.78 is 18.4. The first-order valence-corrected chi connectivity index (χ1v) is 4.73. The molecule has 1 rings (SSSR count). The molecule has 0 atom stereocenters. The van der Waals surface area contributed by atoms with Crippen LogP contribution in [0.3, 0.4) is 0 Å². The molecular formula is C11H13FO3. The van der Waals surface area contributed by atoms with E-state index < -0.39 is 11.8 Å². The first-order valence-electron chi connectivity index (χ1n) is 4.73. The number of ether oxygens (including phenoxy) is 1. The Kier molecular flexibility index (Phi) is 3.66. The van der Waals surface area contributed by atoms with Crippen LogP contribution in [-0.2, 0) is 0 Å². The molecule has 0 aliphatic heterocycles. The van der Waals surface area contributed by atoms with Crippen molar-refractivity contribution in [3.63, 3.8) is 0 Å². The zero-order valence-electron chi connectivity index (χ0n) is 8.71. The summed E-state index contributed by atoms with van der Waals surface area (Å²) in [7, 11) is 0. The fourth-order valence-corrected chi connectivity index (χ4v) is 1.27. The topological polar surface area (TPSA) is 46.5 Å². The van der Waals surface area contributed by atoms with Gasteiger partial charge in [0, 0.05) is 0 Å². The van der Waals surface area contributed by atoms with Crippen molar-refractivity contribution in [2.75, 3.05) is 6.61 Å². The fourth-order valence-electron chi connectivity index (χ4n) is 1.27. The summed E-state index contributed by atoms with van der Waals surface area (Å²) in [5.74, 6) is -1.96. The van der Waals surface area contributed by atoms with Crippen LogP contribution in [0.25, 0.3) is 0 Å². The number of aryl methyl sites for hydroxylation is 1. The number of hydrogen-bond acceptors (Lipinski definition) is 2. The van der Waals surface area contributed by atoms with Crippen LogP contribution >= 0.6 is 0 Å². The molecule has 0 unspecified atom stereocenters. The van der Waals surface area contributed by atoms with Crippen LogP contribution in [-0.4, -0.2) is 17.7 Å². The third-order valence-corrected chi connectivity index (χ3v) is 1.98. The lowest BCUT2D eigenvalue weighted by Crippen LogP contribution is -2.08. The Bertz CT molecular complexity index is 374. The van der Waals surface area contributed by atoms with E-state index in [4.69, 9.17) is 9.84 Å². The van der Waals surface area contributed by atoms with Gasteiger partial charge in [0.2, 0.25) is 0 Å². The van der Waals surface area contributed by atoms with Gasteiger partial charge >= 0.3 is 5.97 Å². The average molecular weight is 212 g/mol. The van der Waals surface area contributed by atoms with E-state index in [0.29, 0.717) is 18.6 Å². The van der Waals surface area contributed by atoms with Crippen molar-refractivity contribution >= 4 is 5.97 Å². The zero-order chi connectivity index (χ0) is 11.4. The molecule has 0 aliphatic rings. The maximum atomic E-state index is 13.3. The third-order valence-electron chi connectivity index (χ3n) is 1.98. The van der Waals surface area contributed by atoms with E-state index in [2.05, 4.69) is 0 Å². The second-order valence-electron chi connectivity index (χ2n) is 3.22. The highest BCUT2D eigenvalue weighted by atomic mass is 19.1. The number of hydrogen-bond donors (Lipinski definition) is 1. The van der Waals surface area contributed by atoms with Crippen molar-refractivity contribution < 1.29 is 19.0 Å². The standard InChI is InChI=1S/C11H13FO3/c1-3-6-15-10-8(12)5-4-7(2)9(10)11(13)14/h4-5H,3,6H2,1-2H3,(H,13,14). The molecule has 0 fully saturated rings. The number of halogens is 1. The number of rotatable bonds is 4. The second kappa shape index (κ2) is 4.77. The van der Waals surface area contributed by atoms with Crippen molar-refractivity contribution in [1.29, 1.82) is 0 Å². The Hall–Kier alpha value is -1.58. The number of aromatic carboxylic acids is 1. The van der Waals surface area contributed by atoms with Gasteiger partial charge in [0.1, 0.15) is 5.56 Å². The maximum Gasteiger partial charge on any atom is 0.339 e. The van der Waals surface area contributed by atoms with Gasteiger partial charge in [-0.2, -0.15) is 0 Å². The summed E-state index contributed by atoms with van der Waals surface area (Å²) >= 11 is 0. The van der Waals surface area contributed by atoms with Gasteiger partial charge in [0.25, 0.3) is 0 Å². The molecule has 0 saturated carbocycles. The van der Waals surface area contributed by atoms with Crippen molar-refractivity contribution in [2.45, 2.75) is 20.3 Å². The van der Waals surface area contributed by atoms with Gasteiger partial charge in [0.05, 0.1) is 6.61 Å². The minimum absolute atomic E-state index is 0.0940. The Morgan fingerprint density at radius 1 is 1.53 bits per heavy atom. The van der Waals surface area contributed by atoms with E-state index >= 15 is 0 Å². The highest BCUT2D eigenvalue weighted by Crippen LogP contribution is 2.26. The smallest absolute Gasteiger partial charge is 0.339 e. The third kappa shape index (κ3) is 2.46. The van der Waals surface area contributed by atoms with E-state index in [-0.39, 0.29) is 11.3 Å². The quantitative estimate of drug-likeness (QED) is 0.834. The number of carboxylic acid groups (broad SMARTS) is 1. The molecule has 82 valence electrons. The number of carbonyl (C=O) groups is 1. The summed E-state index contributed by atoms with van der Waals surface area (Å²) in [5, 5.41) is 8.92. The highest BCUT2D eigenvalue weighted by Gasteiger charge is 2.18. The molecule has 0 heterocycles. The van der Waals surface area contributed by atoms with Gasteiger partial charge in [-0.25, -0.2) is 9.18 Å². The molecule has 4 heteroatoms. The van der Waals surface area contributed by atoms with Crippen LogP contribution in [0.15, 0.2) is 12.1 Å². The van der Waals surface area contributed by atoms with Crippen molar-refractivity contribution in [3.05, 3.63) is 29.1 Å². The molecule has 0 aromatic heterocycles. The first-order chi connectivity index (χ1) is 7.07. The van der Waals surface area contributed by atoms with E-state index in [1.807, 2.05) is 6.92 Å². The van der Waals surface area contributed by atoms with Gasteiger partial charge in [-0.1, -0.05) is 13.0 Å². The predicted molar refractivity (Wildman–Crippen MR) is 53.9 cm³/mol. The molecule has 0 spiro atoms. The Balaban J connectivity index is 3.19. The fraction of sp³-hybridized carbons (Fsp3) is 0.364. The lowest BCUT2D eigenvalue weighted by Gasteiger charge is -2.11. The van der Waals surface area contributed by atoms with Gasteiger partial charge < -0.3 is 9.84 Å². The number of benzene rings is 1. The molecule has 3 nitrogen and oxygen atoms in total. The van der Waals surface area contributed by atoms with Gasteiger partial charge in [-0.15, -0.1) is 0 Å². The Labute approximate surface area is 87.5 Å². The average Bonchev–Trinajstić information content (AvgIpc) is 2.18. The molecule has 1 N–H and O–H groups in total. The summed E-state index contributed by atoms with van der Waals surface area (Å²) in [5.41, 5.74) is 0.401. The molecule has 0 aliphatic carbocycles. The lowest BCUT2D eigenvalue weighted by molar-refractivity contribution is 0.0690. The normalized spacial score (nSPS) is 10.1. The van der Waals surface area contributed by atoms with Crippen LogP contribution in [0, 0.1) is 12.7 Å². The summed E-state index contributed by atoms with van der Waals surface area (Å²) in [4.78, 5) is 10.9. The molecule has 0 bridgehead atoms. The first kappa shape index (κ1) is 11.5. The van der Waals surface area contributed by atoms with Gasteiger partial charge in [0.15, 0.2) is 11.6 Å². The van der Waals surface area contributed by atoms with Crippen molar-refractivity contribution in [2.24, 2.45) is 0 Å². The van der Waals surface area contributed by atoms with Crippen molar-refractivity contribution in [1.82, 2.24) is 0 Å². The van der Waals surface area contributed by atoms with E-state index in [1.54, 1.807) is 6.92 Å². The Morgan fingerprint density at radius 2 is 2.20 bits per heavy atom. The van der Waals surface area contributed by atoms with E-state index in [0.717, 1.165) is 0 Å². The molecule has 1 aromatic carbocycles. The SMILES string of the molecule is CCCOc1c(F)ccc(C)c1C(=O)O. The van der Waals surface area contributed by atoms with Crippen LogP contribution in [0.4, 0.5) is 4.39 Å². The van der Waals surface area contributed by atoms with E-state index in [9.17, 15) is 9.18 Å². The maximum absolute atomic E-state index is 13.3. The van der Waals surface area contributed by atoms with Crippen LogP contribution < -0.4 is 4.74 Å². The van der Waals surface area contributed by atoms with E-state index in [1.165, 1.54) is 12.1 Å². The molecular weight excluding hydrogens is 199 g/mol. The summed E-state index contributed by atoms with van der Waals surface area (Å²) in [6.45, 7) is 3.79. The van der Waals surface area contributed by atoms with Crippen LogP contribution in [0.1, 0.15) is 29.3 Å². The molecule has 0 radical (unpaired) electrons. The van der Waals surface area contributed by atoms with Crippen LogP contribution in [0.2, 0.25) is 0 Å². The Morgan fingerprint density at radius 3 is 2.73 bits per heavy atom. The van der Waals surface area contributed by atoms with Crippen LogP contribution in [0.5, 0.6) is 5.75 Å². The minimum atomic E-state index is -1.17. The molecule has 0 saturated heterocycles. The predicted octanol–water partition coefficient (Wildman–Crippen LogP) is 2.62. The second-order valence-corrected chi connectivity index (χ2v) is 3.22. The minimum Gasteiger partial charge on any atom is -0.490 e. The zero-order valence-corrected chi connectivity index (χ0v) is 8.71. The van der Waals surface area contributed by atoms with Crippen molar-refractivity contribution in [3.8, 4) is 5.75 Å². The number of carboxylic acids is 1. The lowest BCUT2D eigenvalue weighted by atomic mass is 10.1. The summed E-state index contributed by atoms with van der Waals surface area (Å²) in [6, 6.07) is 2.64. The highest BCUT2D eigenvalue weighted by molar-refractivity contribution is 5.92. The molecule has 0 amide bonds. The monoisotopic (exact) mass is 212 g/mol. The molecule has 1 aromatic rings. The molecule has 15 heavy (non-hydrogen) atoms.